The molecule has 31 heavy (non-hydrogen) atoms. The van der Waals surface area contributed by atoms with Crippen molar-refractivity contribution in [2.45, 2.75) is 25.7 Å². The number of benzene rings is 1. The van der Waals surface area contributed by atoms with E-state index in [4.69, 9.17) is 9.47 Å². The van der Waals surface area contributed by atoms with E-state index >= 15 is 0 Å². The molecule has 2 aromatic rings. The fraction of sp³-hybridized carbons (Fsp3) is 0.409. The molecular formula is C22H25N3O5S. The molecule has 164 valence electrons. The summed E-state index contributed by atoms with van der Waals surface area (Å²) in [7, 11) is 0. The molecule has 2 aliphatic heterocycles. The number of fused-ring (bicyclic) bond motifs is 1. The third-order valence-corrected chi connectivity index (χ3v) is 6.33. The Kier molecular flexibility index (Phi) is 6.71. The first kappa shape index (κ1) is 21.2. The van der Waals surface area contributed by atoms with Crippen molar-refractivity contribution in [1.82, 2.24) is 10.2 Å². The Labute approximate surface area is 184 Å². The summed E-state index contributed by atoms with van der Waals surface area (Å²) in [5.74, 6) is 1.11. The summed E-state index contributed by atoms with van der Waals surface area (Å²) in [6.45, 7) is 1.80. The van der Waals surface area contributed by atoms with Crippen molar-refractivity contribution in [3.05, 3.63) is 40.6 Å². The van der Waals surface area contributed by atoms with Crippen molar-refractivity contribution in [2.75, 3.05) is 31.7 Å². The fourth-order valence-corrected chi connectivity index (χ4v) is 4.34. The normalized spacial score (nSPS) is 15.5. The molecule has 9 heteroatoms. The average Bonchev–Trinajstić information content (AvgIpc) is 3.48. The van der Waals surface area contributed by atoms with Gasteiger partial charge in [0.15, 0.2) is 11.5 Å². The highest BCUT2D eigenvalue weighted by molar-refractivity contribution is 7.12. The van der Waals surface area contributed by atoms with Gasteiger partial charge in [0, 0.05) is 43.7 Å². The van der Waals surface area contributed by atoms with Crippen LogP contribution >= 0.6 is 11.3 Å². The quantitative estimate of drug-likeness (QED) is 0.642. The van der Waals surface area contributed by atoms with E-state index in [1.54, 1.807) is 24.3 Å². The maximum absolute atomic E-state index is 12.6. The number of ether oxygens (including phenoxy) is 2. The molecule has 0 saturated carbocycles. The molecule has 1 saturated heterocycles. The van der Waals surface area contributed by atoms with Gasteiger partial charge in [0.1, 0.15) is 0 Å². The van der Waals surface area contributed by atoms with Crippen LogP contribution in [-0.4, -0.2) is 49.0 Å². The molecular weight excluding hydrogens is 418 g/mol. The Hall–Kier alpha value is -3.07. The zero-order valence-corrected chi connectivity index (χ0v) is 17.9. The van der Waals surface area contributed by atoms with Crippen LogP contribution in [0.4, 0.5) is 5.69 Å². The molecule has 0 aliphatic carbocycles. The van der Waals surface area contributed by atoms with Crippen LogP contribution in [0.2, 0.25) is 0 Å². The Balaban J connectivity index is 1.15. The van der Waals surface area contributed by atoms with Gasteiger partial charge in [-0.25, -0.2) is 0 Å². The summed E-state index contributed by atoms with van der Waals surface area (Å²) in [6.07, 6.45) is 2.26. The minimum Gasteiger partial charge on any atom is -0.454 e. The van der Waals surface area contributed by atoms with Gasteiger partial charge in [-0.2, -0.15) is 0 Å². The van der Waals surface area contributed by atoms with Crippen LogP contribution in [0.15, 0.2) is 35.7 Å². The zero-order valence-electron chi connectivity index (χ0n) is 17.1. The number of anilines is 1. The molecule has 0 unspecified atom stereocenters. The van der Waals surface area contributed by atoms with Crippen molar-refractivity contribution in [3.63, 3.8) is 0 Å². The molecule has 0 atom stereocenters. The van der Waals surface area contributed by atoms with Crippen molar-refractivity contribution < 1.29 is 23.9 Å². The van der Waals surface area contributed by atoms with Crippen molar-refractivity contribution in [2.24, 2.45) is 5.92 Å². The maximum Gasteiger partial charge on any atom is 0.261 e. The van der Waals surface area contributed by atoms with Gasteiger partial charge in [-0.15, -0.1) is 11.3 Å². The molecule has 1 fully saturated rings. The largest absolute Gasteiger partial charge is 0.454 e. The summed E-state index contributed by atoms with van der Waals surface area (Å²) in [6, 6.07) is 8.94. The zero-order chi connectivity index (χ0) is 21.6. The molecule has 1 aromatic heterocycles. The number of hydrogen-bond acceptors (Lipinski definition) is 6. The molecule has 2 aliphatic rings. The molecule has 0 bridgehead atoms. The molecule has 0 spiro atoms. The lowest BCUT2D eigenvalue weighted by Crippen LogP contribution is -2.41. The van der Waals surface area contributed by atoms with Gasteiger partial charge < -0.3 is 25.0 Å². The Morgan fingerprint density at radius 1 is 1.10 bits per heavy atom. The molecule has 0 radical (unpaired) electrons. The van der Waals surface area contributed by atoms with Gasteiger partial charge >= 0.3 is 0 Å². The number of amides is 3. The minimum atomic E-state index is -0.125. The van der Waals surface area contributed by atoms with Crippen LogP contribution in [0.1, 0.15) is 35.4 Å². The van der Waals surface area contributed by atoms with Gasteiger partial charge in [0.25, 0.3) is 5.91 Å². The summed E-state index contributed by atoms with van der Waals surface area (Å²) in [5, 5.41) is 7.63. The number of likely N-dealkylation sites (tertiary alicyclic amines) is 1. The van der Waals surface area contributed by atoms with Crippen LogP contribution in [0.5, 0.6) is 11.5 Å². The molecule has 2 N–H and O–H groups in total. The Morgan fingerprint density at radius 2 is 1.90 bits per heavy atom. The summed E-state index contributed by atoms with van der Waals surface area (Å²) in [4.78, 5) is 39.4. The first-order valence-corrected chi connectivity index (χ1v) is 11.3. The van der Waals surface area contributed by atoms with E-state index < -0.39 is 0 Å². The van der Waals surface area contributed by atoms with E-state index in [9.17, 15) is 14.4 Å². The summed E-state index contributed by atoms with van der Waals surface area (Å²) < 4.78 is 10.6. The van der Waals surface area contributed by atoms with Crippen LogP contribution in [0.3, 0.4) is 0 Å². The van der Waals surface area contributed by atoms with Gasteiger partial charge in [-0.3, -0.25) is 14.4 Å². The van der Waals surface area contributed by atoms with Crippen molar-refractivity contribution >= 4 is 34.7 Å². The van der Waals surface area contributed by atoms with Gasteiger partial charge in [-0.1, -0.05) is 6.07 Å². The van der Waals surface area contributed by atoms with Crippen LogP contribution in [-0.2, 0) is 9.59 Å². The predicted octanol–water partition coefficient (Wildman–Crippen LogP) is 2.86. The predicted molar refractivity (Wildman–Crippen MR) is 116 cm³/mol. The second kappa shape index (κ2) is 9.82. The third kappa shape index (κ3) is 5.35. The number of nitrogens with one attached hydrogen (secondary N) is 2. The van der Waals surface area contributed by atoms with Gasteiger partial charge in [-0.05, 0) is 42.8 Å². The molecule has 3 amide bonds. The minimum absolute atomic E-state index is 0.0396. The fourth-order valence-electron chi connectivity index (χ4n) is 3.70. The highest BCUT2D eigenvalue weighted by Crippen LogP contribution is 2.34. The van der Waals surface area contributed by atoms with E-state index in [1.807, 2.05) is 16.3 Å². The van der Waals surface area contributed by atoms with Crippen molar-refractivity contribution in [1.29, 1.82) is 0 Å². The lowest BCUT2D eigenvalue weighted by molar-refractivity contribution is -0.134. The topological polar surface area (TPSA) is 97.0 Å². The van der Waals surface area contributed by atoms with Crippen LogP contribution in [0, 0.1) is 5.92 Å². The lowest BCUT2D eigenvalue weighted by Gasteiger charge is -2.31. The van der Waals surface area contributed by atoms with E-state index in [2.05, 4.69) is 10.6 Å². The molecule has 8 nitrogen and oxygen atoms in total. The monoisotopic (exact) mass is 443 g/mol. The highest BCUT2D eigenvalue weighted by Gasteiger charge is 2.27. The van der Waals surface area contributed by atoms with Gasteiger partial charge in [0.2, 0.25) is 18.6 Å². The summed E-state index contributed by atoms with van der Waals surface area (Å²) in [5.41, 5.74) is 0.678. The van der Waals surface area contributed by atoms with Crippen LogP contribution < -0.4 is 20.1 Å². The Morgan fingerprint density at radius 3 is 2.68 bits per heavy atom. The number of piperidine rings is 1. The average molecular weight is 444 g/mol. The third-order valence-electron chi connectivity index (χ3n) is 5.46. The first-order valence-electron chi connectivity index (χ1n) is 10.4. The van der Waals surface area contributed by atoms with E-state index in [0.29, 0.717) is 67.4 Å². The highest BCUT2D eigenvalue weighted by atomic mass is 32.1. The maximum atomic E-state index is 12.6. The standard InChI is InChI=1S/C22H25N3O5S/c26-20(4-1-9-23-22(28)19-3-2-12-31-19)25-10-7-15(8-11-25)21(27)24-16-5-6-17-18(13-16)30-14-29-17/h2-3,5-6,12-13,15H,1,4,7-11,14H2,(H,23,28)(H,24,27). The number of carbonyl (C=O) groups excluding carboxylic acids is 3. The van der Waals surface area contributed by atoms with E-state index in [0.717, 1.165) is 0 Å². The van der Waals surface area contributed by atoms with Gasteiger partial charge in [0.05, 0.1) is 4.88 Å². The van der Waals surface area contributed by atoms with Crippen molar-refractivity contribution in [3.8, 4) is 11.5 Å². The Bertz CT molecular complexity index is 939. The second-order valence-electron chi connectivity index (χ2n) is 7.55. The first-order chi connectivity index (χ1) is 15.1. The number of rotatable bonds is 7. The number of hydrogen-bond donors (Lipinski definition) is 2. The van der Waals surface area contributed by atoms with E-state index in [1.165, 1.54) is 11.3 Å². The smallest absolute Gasteiger partial charge is 0.261 e. The van der Waals surface area contributed by atoms with E-state index in [-0.39, 0.29) is 30.4 Å². The number of thiophene rings is 1. The second-order valence-corrected chi connectivity index (χ2v) is 8.50. The molecule has 3 heterocycles. The lowest BCUT2D eigenvalue weighted by atomic mass is 9.95. The van der Waals surface area contributed by atoms with Crippen LogP contribution in [0.25, 0.3) is 0 Å². The number of nitrogens with zero attached hydrogens (tertiary/aromatic N) is 1. The molecule has 1 aromatic carbocycles. The molecule has 4 rings (SSSR count). The summed E-state index contributed by atoms with van der Waals surface area (Å²) >= 11 is 1.39. The SMILES string of the molecule is O=C(NCCCC(=O)N1CCC(C(=O)Nc2ccc3c(c2)OCO3)CC1)c1cccs1. The number of carbonyl (C=O) groups is 3.